The van der Waals surface area contributed by atoms with Crippen molar-refractivity contribution in [1.29, 1.82) is 0 Å². The van der Waals surface area contributed by atoms with Crippen molar-refractivity contribution in [3.8, 4) is 0 Å². The first-order valence-corrected chi connectivity index (χ1v) is 11.5. The number of amides is 1. The van der Waals surface area contributed by atoms with Crippen molar-refractivity contribution in [3.63, 3.8) is 0 Å². The number of hydrogen-bond acceptors (Lipinski definition) is 8. The number of aromatic nitrogens is 3. The summed E-state index contributed by atoms with van der Waals surface area (Å²) in [7, 11) is 0. The van der Waals surface area contributed by atoms with Crippen molar-refractivity contribution >= 4 is 34.4 Å². The Kier molecular flexibility index (Phi) is 6.68. The number of fused-ring (bicyclic) bond motifs is 1. The summed E-state index contributed by atoms with van der Waals surface area (Å²) in [5, 5.41) is 18.0. The predicted octanol–water partition coefficient (Wildman–Crippen LogP) is 4.34. The Labute approximate surface area is 201 Å². The maximum Gasteiger partial charge on any atom is 0.407 e. The van der Waals surface area contributed by atoms with Gasteiger partial charge in [-0.2, -0.15) is 0 Å². The smallest absolute Gasteiger partial charge is 0.407 e. The van der Waals surface area contributed by atoms with Crippen molar-refractivity contribution in [1.82, 2.24) is 20.3 Å². The monoisotopic (exact) mass is 480 g/mol. The Morgan fingerprint density at radius 3 is 2.54 bits per heavy atom. The number of H-pyrrole nitrogens is 1. The number of nitro groups is 1. The highest BCUT2D eigenvalue weighted by molar-refractivity contribution is 6.18. The Hall–Kier alpha value is -4.02. The van der Waals surface area contributed by atoms with Crippen molar-refractivity contribution in [3.05, 3.63) is 58.0 Å². The number of carbonyl (C=O) groups excluding carboxylic acids is 2. The summed E-state index contributed by atoms with van der Waals surface area (Å²) < 4.78 is 5.34. The van der Waals surface area contributed by atoms with Crippen LogP contribution in [0.25, 0.3) is 11.0 Å². The van der Waals surface area contributed by atoms with Gasteiger partial charge in [-0.15, -0.1) is 0 Å². The van der Waals surface area contributed by atoms with Gasteiger partial charge in [0.1, 0.15) is 23.4 Å². The molecular formula is C24H28N6O5. The number of nitrogens with zero attached hydrogens (tertiary/aromatic N) is 3. The first-order chi connectivity index (χ1) is 16.6. The number of alkyl carbamates (subject to hydrolysis) is 1. The summed E-state index contributed by atoms with van der Waals surface area (Å²) in [5.74, 6) is 0.164. The van der Waals surface area contributed by atoms with Crippen LogP contribution in [0.2, 0.25) is 0 Å². The molecule has 1 fully saturated rings. The molecule has 0 aliphatic heterocycles. The summed E-state index contributed by atoms with van der Waals surface area (Å²) in [5.41, 5.74) is 0.350. The normalized spacial score (nSPS) is 18.1. The summed E-state index contributed by atoms with van der Waals surface area (Å²) >= 11 is 0. The first kappa shape index (κ1) is 24.1. The molecule has 184 valence electrons. The SMILES string of the molecule is CC(C)(C)OC(=O)NC1CCC(Nc2ncnc3[nH]cc(C(=O)c4cccc([N+](=O)[O-])c4)c23)CC1. The van der Waals surface area contributed by atoms with Gasteiger partial charge in [-0.05, 0) is 46.5 Å². The van der Waals surface area contributed by atoms with Crippen LogP contribution in [0.3, 0.4) is 0 Å². The van der Waals surface area contributed by atoms with E-state index in [0.717, 1.165) is 25.7 Å². The number of nitrogens with one attached hydrogen (secondary N) is 3. The Morgan fingerprint density at radius 1 is 1.14 bits per heavy atom. The van der Waals surface area contributed by atoms with Gasteiger partial charge in [0.25, 0.3) is 5.69 Å². The molecule has 0 radical (unpaired) electrons. The third-order valence-corrected chi connectivity index (χ3v) is 5.82. The lowest BCUT2D eigenvalue weighted by atomic mass is 9.91. The van der Waals surface area contributed by atoms with Crippen molar-refractivity contribution in [2.45, 2.75) is 64.1 Å². The minimum atomic E-state index is -0.544. The molecule has 3 N–H and O–H groups in total. The number of carbonyl (C=O) groups is 2. The highest BCUT2D eigenvalue weighted by Crippen LogP contribution is 2.29. The molecule has 1 aliphatic carbocycles. The zero-order valence-electron chi connectivity index (χ0n) is 19.8. The third-order valence-electron chi connectivity index (χ3n) is 5.82. The molecule has 35 heavy (non-hydrogen) atoms. The largest absolute Gasteiger partial charge is 0.444 e. The van der Waals surface area contributed by atoms with Crippen molar-refractivity contribution in [2.75, 3.05) is 5.32 Å². The van der Waals surface area contributed by atoms with Gasteiger partial charge in [-0.1, -0.05) is 12.1 Å². The number of nitro benzene ring substituents is 1. The Morgan fingerprint density at radius 2 is 1.86 bits per heavy atom. The minimum Gasteiger partial charge on any atom is -0.444 e. The van der Waals surface area contributed by atoms with Gasteiger partial charge < -0.3 is 20.4 Å². The van der Waals surface area contributed by atoms with E-state index < -0.39 is 16.6 Å². The Balaban J connectivity index is 1.47. The van der Waals surface area contributed by atoms with E-state index >= 15 is 0 Å². The minimum absolute atomic E-state index is 0.0339. The van der Waals surface area contributed by atoms with Gasteiger partial charge in [-0.3, -0.25) is 14.9 Å². The summed E-state index contributed by atoms with van der Waals surface area (Å²) in [6.07, 6.45) is 5.69. The fourth-order valence-corrected chi connectivity index (χ4v) is 4.22. The second-order valence-electron chi connectivity index (χ2n) is 9.62. The molecule has 1 saturated carbocycles. The van der Waals surface area contributed by atoms with E-state index in [2.05, 4.69) is 25.6 Å². The van der Waals surface area contributed by atoms with Gasteiger partial charge in [0.05, 0.1) is 15.9 Å². The number of ether oxygens (including phenoxy) is 1. The molecule has 4 rings (SSSR count). The van der Waals surface area contributed by atoms with Crippen LogP contribution in [0.4, 0.5) is 16.3 Å². The second kappa shape index (κ2) is 9.69. The van der Waals surface area contributed by atoms with Crippen LogP contribution in [0.15, 0.2) is 36.8 Å². The average Bonchev–Trinajstić information content (AvgIpc) is 3.24. The van der Waals surface area contributed by atoms with Gasteiger partial charge in [0.2, 0.25) is 0 Å². The van der Waals surface area contributed by atoms with Crippen LogP contribution >= 0.6 is 0 Å². The van der Waals surface area contributed by atoms with E-state index in [-0.39, 0.29) is 29.1 Å². The Bertz CT molecular complexity index is 1260. The number of hydrogen-bond donors (Lipinski definition) is 3. The fraction of sp³-hybridized carbons (Fsp3) is 0.417. The lowest BCUT2D eigenvalue weighted by Gasteiger charge is -2.30. The van der Waals surface area contributed by atoms with E-state index in [0.29, 0.717) is 22.4 Å². The predicted molar refractivity (Wildman–Crippen MR) is 129 cm³/mol. The number of benzene rings is 1. The molecular weight excluding hydrogens is 452 g/mol. The summed E-state index contributed by atoms with van der Waals surface area (Å²) in [6.45, 7) is 5.48. The third kappa shape index (κ3) is 5.73. The quantitative estimate of drug-likeness (QED) is 0.267. The molecule has 2 aromatic heterocycles. The number of ketones is 1. The lowest BCUT2D eigenvalue weighted by Crippen LogP contribution is -2.42. The summed E-state index contributed by atoms with van der Waals surface area (Å²) in [6, 6.07) is 5.77. The maximum atomic E-state index is 13.2. The average molecular weight is 481 g/mol. The molecule has 0 bridgehead atoms. The van der Waals surface area contributed by atoms with E-state index in [1.807, 2.05) is 20.8 Å². The standard InChI is InChI=1S/C24H28N6O5/c1-24(2,3)35-23(32)29-16-9-7-15(8-10-16)28-22-19-18(12-25-21(19)26-13-27-22)20(31)14-5-4-6-17(11-14)30(33)34/h4-6,11-13,15-16H,7-10H2,1-3H3,(H,29,32)(H2,25,26,27,28). The molecule has 0 atom stereocenters. The lowest BCUT2D eigenvalue weighted by molar-refractivity contribution is -0.384. The molecule has 0 saturated heterocycles. The fourth-order valence-electron chi connectivity index (χ4n) is 4.22. The van der Waals surface area contributed by atoms with E-state index in [1.165, 1.54) is 24.5 Å². The molecule has 1 amide bonds. The second-order valence-corrected chi connectivity index (χ2v) is 9.62. The highest BCUT2D eigenvalue weighted by Gasteiger charge is 2.26. The maximum absolute atomic E-state index is 13.2. The van der Waals surface area contributed by atoms with Crippen LogP contribution < -0.4 is 10.6 Å². The van der Waals surface area contributed by atoms with E-state index in [9.17, 15) is 19.7 Å². The summed E-state index contributed by atoms with van der Waals surface area (Å²) in [4.78, 5) is 47.4. The van der Waals surface area contributed by atoms with Gasteiger partial charge >= 0.3 is 6.09 Å². The van der Waals surface area contributed by atoms with Crippen LogP contribution in [0.1, 0.15) is 62.4 Å². The number of non-ortho nitro benzene ring substituents is 1. The van der Waals surface area contributed by atoms with Crippen LogP contribution in [0, 0.1) is 10.1 Å². The van der Waals surface area contributed by atoms with E-state index in [1.54, 1.807) is 12.3 Å². The molecule has 11 nitrogen and oxygen atoms in total. The zero-order chi connectivity index (χ0) is 25.2. The van der Waals surface area contributed by atoms with Gasteiger partial charge in [0.15, 0.2) is 5.78 Å². The molecule has 0 unspecified atom stereocenters. The molecule has 1 aliphatic rings. The molecule has 2 heterocycles. The van der Waals surface area contributed by atoms with Crippen LogP contribution in [-0.2, 0) is 4.74 Å². The molecule has 3 aromatic rings. The molecule has 11 heteroatoms. The van der Waals surface area contributed by atoms with Crippen molar-refractivity contribution in [2.24, 2.45) is 0 Å². The number of rotatable bonds is 6. The zero-order valence-corrected chi connectivity index (χ0v) is 19.8. The number of aromatic amines is 1. The number of anilines is 1. The van der Waals surface area contributed by atoms with Gasteiger partial charge in [-0.25, -0.2) is 14.8 Å². The van der Waals surface area contributed by atoms with E-state index in [4.69, 9.17) is 4.74 Å². The molecule has 1 aromatic carbocycles. The molecule has 0 spiro atoms. The van der Waals surface area contributed by atoms with Crippen molar-refractivity contribution < 1.29 is 19.2 Å². The van der Waals surface area contributed by atoms with Crippen LogP contribution in [0.5, 0.6) is 0 Å². The van der Waals surface area contributed by atoms with Gasteiger partial charge in [0, 0.05) is 36.0 Å². The highest BCUT2D eigenvalue weighted by atomic mass is 16.6. The topological polar surface area (TPSA) is 152 Å². The first-order valence-electron chi connectivity index (χ1n) is 11.5. The van der Waals surface area contributed by atoms with Crippen LogP contribution in [-0.4, -0.2) is 49.4 Å².